The van der Waals surface area contributed by atoms with E-state index in [-0.39, 0.29) is 41.7 Å². The second-order valence-electron chi connectivity index (χ2n) is 10.1. The molecule has 4 N–H and O–H groups in total. The number of nitrogens with zero attached hydrogens (tertiary/aromatic N) is 5. The van der Waals surface area contributed by atoms with Crippen molar-refractivity contribution in [3.63, 3.8) is 0 Å². The Hall–Kier alpha value is -6.41. The molecule has 0 spiro atoms. The fourth-order valence-corrected chi connectivity index (χ4v) is 4.78. The molecule has 1 heterocycles. The molecule has 1 aromatic heterocycles. The molecule has 16 nitrogen and oxygen atoms in total. The van der Waals surface area contributed by atoms with Crippen LogP contribution in [0.2, 0.25) is 0 Å². The van der Waals surface area contributed by atoms with E-state index in [2.05, 4.69) is 10.0 Å². The summed E-state index contributed by atoms with van der Waals surface area (Å²) in [7, 11) is 0. The summed E-state index contributed by atoms with van der Waals surface area (Å²) in [5, 5.41) is 41.8. The number of hydrogen-bond acceptors (Lipinski definition) is 10. The lowest BCUT2D eigenvalue weighted by Crippen LogP contribution is -2.35. The molecule has 0 atom stereocenters. The zero-order valence-electron chi connectivity index (χ0n) is 24.9. The third-order valence-corrected chi connectivity index (χ3v) is 6.62. The molecule has 0 radical (unpaired) electrons. The molecule has 3 aromatic carbocycles. The Morgan fingerprint density at radius 2 is 1.32 bits per heavy atom. The molecule has 0 aliphatic carbocycles. The first kappa shape index (κ1) is 33.5. The van der Waals surface area contributed by atoms with Gasteiger partial charge in [0.2, 0.25) is 0 Å². The van der Waals surface area contributed by atoms with Crippen LogP contribution >= 0.6 is 0 Å². The molecule has 0 unspecified atom stereocenters. The smallest absolute Gasteiger partial charge is 0.323 e. The van der Waals surface area contributed by atoms with Gasteiger partial charge in [-0.2, -0.15) is 0 Å². The molecule has 0 saturated carbocycles. The van der Waals surface area contributed by atoms with Gasteiger partial charge in [0.1, 0.15) is 62.2 Å². The van der Waals surface area contributed by atoms with Gasteiger partial charge in [-0.1, -0.05) is 35.4 Å². The summed E-state index contributed by atoms with van der Waals surface area (Å²) in [6.07, 6.45) is 0. The highest BCUT2D eigenvalue weighted by Crippen LogP contribution is 2.39. The van der Waals surface area contributed by atoms with Crippen molar-refractivity contribution >= 4 is 51.9 Å². The maximum Gasteiger partial charge on any atom is 0.323 e. The molecule has 16 heteroatoms. The van der Waals surface area contributed by atoms with Crippen LogP contribution in [0.4, 0.5) is 17.1 Å². The molecule has 4 rings (SSSR count). The van der Waals surface area contributed by atoms with Gasteiger partial charge < -0.3 is 44.1 Å². The van der Waals surface area contributed by atoms with Crippen molar-refractivity contribution < 1.29 is 53.5 Å². The van der Waals surface area contributed by atoms with Gasteiger partial charge in [0.15, 0.2) is 0 Å². The summed E-state index contributed by atoms with van der Waals surface area (Å²) < 4.78 is 17.9. The Morgan fingerprint density at radius 1 is 0.766 bits per heavy atom. The Bertz CT molecular complexity index is 1830. The summed E-state index contributed by atoms with van der Waals surface area (Å²) in [6, 6.07) is 16.2. The van der Waals surface area contributed by atoms with Gasteiger partial charge in [0, 0.05) is 27.6 Å². The number of aryl methyl sites for hydroxylation is 1. The van der Waals surface area contributed by atoms with Crippen molar-refractivity contribution in [3.05, 3.63) is 76.7 Å². The molecule has 0 bridgehead atoms. The fraction of sp³-hybridized carbons (Fsp3) is 0.226. The Balaban J connectivity index is 1.66. The Labute approximate surface area is 266 Å². The van der Waals surface area contributed by atoms with E-state index < -0.39 is 50.1 Å². The molecule has 0 aliphatic rings. The van der Waals surface area contributed by atoms with Crippen molar-refractivity contribution in [1.29, 1.82) is 0 Å². The van der Waals surface area contributed by atoms with Crippen LogP contribution < -0.4 is 19.3 Å². The maximum absolute atomic E-state index is 11.7. The first-order valence-electron chi connectivity index (χ1n) is 13.9. The van der Waals surface area contributed by atoms with Crippen LogP contribution in [0.25, 0.3) is 32.7 Å². The van der Waals surface area contributed by atoms with Gasteiger partial charge in [0.25, 0.3) is 0 Å². The van der Waals surface area contributed by atoms with Crippen LogP contribution in [0, 0.1) is 6.92 Å². The van der Waals surface area contributed by atoms with Gasteiger partial charge in [-0.05, 0) is 42.3 Å². The lowest BCUT2D eigenvalue weighted by molar-refractivity contribution is -0.138. The third kappa shape index (κ3) is 8.83. The van der Waals surface area contributed by atoms with Crippen molar-refractivity contribution in [1.82, 2.24) is 0 Å². The molecule has 0 amide bonds. The predicted molar refractivity (Wildman–Crippen MR) is 168 cm³/mol. The maximum atomic E-state index is 11.7. The highest BCUT2D eigenvalue weighted by atomic mass is 16.5. The quantitative estimate of drug-likeness (QED) is 0.0524. The number of furan rings is 1. The van der Waals surface area contributed by atoms with E-state index >= 15 is 0 Å². The van der Waals surface area contributed by atoms with Gasteiger partial charge >= 0.3 is 23.9 Å². The van der Waals surface area contributed by atoms with Crippen LogP contribution in [0.15, 0.2) is 70.2 Å². The average molecular weight is 648 g/mol. The minimum atomic E-state index is -1.29. The number of ether oxygens (including phenoxy) is 2. The molecule has 0 fully saturated rings. The van der Waals surface area contributed by atoms with Crippen molar-refractivity contribution in [2.75, 3.05) is 49.2 Å². The predicted octanol–water partition coefficient (Wildman–Crippen LogP) is 4.76. The molecular weight excluding hydrogens is 618 g/mol. The second kappa shape index (κ2) is 15.0. The van der Waals surface area contributed by atoms with E-state index in [4.69, 9.17) is 19.4 Å². The summed E-state index contributed by atoms with van der Waals surface area (Å²) >= 11 is 0. The van der Waals surface area contributed by atoms with Crippen molar-refractivity contribution in [2.45, 2.75) is 6.92 Å². The first-order valence-corrected chi connectivity index (χ1v) is 13.9. The summed E-state index contributed by atoms with van der Waals surface area (Å²) in [6.45, 7) is -1.00. The molecular formula is C31H29N5O11. The Morgan fingerprint density at radius 3 is 1.89 bits per heavy atom. The Kier molecular flexibility index (Phi) is 10.7. The van der Waals surface area contributed by atoms with E-state index in [1.165, 1.54) is 6.07 Å². The van der Waals surface area contributed by atoms with Crippen molar-refractivity contribution in [3.8, 4) is 22.8 Å². The van der Waals surface area contributed by atoms with E-state index in [0.29, 0.717) is 22.4 Å². The summed E-state index contributed by atoms with van der Waals surface area (Å²) in [5.74, 6) is -4.39. The van der Waals surface area contributed by atoms with Crippen LogP contribution in [0.1, 0.15) is 5.56 Å². The number of carboxylic acid groups (broad SMARTS) is 4. The number of rotatable bonds is 17. The fourth-order valence-electron chi connectivity index (χ4n) is 4.78. The number of aliphatic carboxylic acids is 4. The lowest BCUT2D eigenvalue weighted by atomic mass is 10.1. The largest absolute Gasteiger partial charge is 0.488 e. The number of anilines is 2. The second-order valence-corrected chi connectivity index (χ2v) is 10.1. The number of fused-ring (bicyclic) bond motifs is 1. The zero-order chi connectivity index (χ0) is 34.1. The van der Waals surface area contributed by atoms with E-state index in [9.17, 15) is 39.6 Å². The van der Waals surface area contributed by atoms with Gasteiger partial charge in [-0.25, -0.2) is 0 Å². The van der Waals surface area contributed by atoms with Gasteiger partial charge in [-0.15, -0.1) is 0 Å². The molecule has 47 heavy (non-hydrogen) atoms. The van der Waals surface area contributed by atoms with E-state index in [1.807, 2.05) is 0 Å². The first-order chi connectivity index (χ1) is 22.4. The molecule has 244 valence electrons. The van der Waals surface area contributed by atoms with Crippen LogP contribution in [-0.4, -0.2) is 83.7 Å². The normalized spacial score (nSPS) is 10.6. The minimum absolute atomic E-state index is 0.108. The number of benzene rings is 3. The van der Waals surface area contributed by atoms with E-state index in [0.717, 1.165) is 15.4 Å². The topological polar surface area (TPSA) is 236 Å². The minimum Gasteiger partial charge on any atom is -0.488 e. The SMILES string of the molecule is Cc1ccc(N(CC(=O)O)CC(=O)O)c(OCCOc2cc3cc(-c4ccccc4N=[N+]=[N-])oc3cc2N(CC(=O)O)CC(=O)O)c1. The number of carboxylic acids is 4. The number of azide groups is 1. The lowest BCUT2D eigenvalue weighted by Gasteiger charge is -2.25. The number of hydrogen-bond donors (Lipinski definition) is 4. The van der Waals surface area contributed by atoms with Crippen LogP contribution in [0.5, 0.6) is 11.5 Å². The van der Waals surface area contributed by atoms with Crippen molar-refractivity contribution in [2.24, 2.45) is 5.11 Å². The third-order valence-electron chi connectivity index (χ3n) is 6.62. The van der Waals surface area contributed by atoms with E-state index in [1.54, 1.807) is 61.5 Å². The summed E-state index contributed by atoms with van der Waals surface area (Å²) in [5.41, 5.74) is 11.1. The van der Waals surface area contributed by atoms with Gasteiger partial charge in [0.05, 0.1) is 11.4 Å². The van der Waals surface area contributed by atoms with Crippen LogP contribution in [-0.2, 0) is 19.2 Å². The molecule has 0 aliphatic heterocycles. The highest BCUT2D eigenvalue weighted by molar-refractivity contribution is 5.91. The zero-order valence-corrected chi connectivity index (χ0v) is 24.9. The molecule has 4 aromatic rings. The van der Waals surface area contributed by atoms with Crippen LogP contribution in [0.3, 0.4) is 0 Å². The monoisotopic (exact) mass is 647 g/mol. The average Bonchev–Trinajstić information content (AvgIpc) is 3.40. The van der Waals surface area contributed by atoms with Gasteiger partial charge in [-0.3, -0.25) is 19.2 Å². The highest BCUT2D eigenvalue weighted by Gasteiger charge is 2.22. The number of carbonyl (C=O) groups is 4. The summed E-state index contributed by atoms with van der Waals surface area (Å²) in [4.78, 5) is 51.2. The molecule has 0 saturated heterocycles. The standard InChI is InChI=1S/C31H29N5O11/c1-18-6-7-22(35(14-28(37)38)15-29(39)40)26(10-18)45-8-9-46-27-12-19-11-25(20-4-2-3-5-21(20)33-34-32)47-24(19)13-23(27)36(16-30(41)42)17-31(43)44/h2-7,10-13H,8-9,14-17H2,1H3,(H,37,38)(H,39,40)(H,41,42)(H,43,44).